The summed E-state index contributed by atoms with van der Waals surface area (Å²) in [5, 5.41) is 9.42. The number of hydrogen-bond acceptors (Lipinski definition) is 1. The van der Waals surface area contributed by atoms with Crippen molar-refractivity contribution >= 4 is 0 Å². The first kappa shape index (κ1) is 21.4. The maximum absolute atomic E-state index is 9.42. The van der Waals surface area contributed by atoms with Gasteiger partial charge in [-0.25, -0.2) is 0 Å². The lowest BCUT2D eigenvalue weighted by molar-refractivity contribution is 0.0484. The summed E-state index contributed by atoms with van der Waals surface area (Å²) in [6, 6.07) is 0. The van der Waals surface area contributed by atoms with Crippen LogP contribution in [0.4, 0.5) is 0 Å². The monoisotopic (exact) mass is 396 g/mol. The van der Waals surface area contributed by atoms with Gasteiger partial charge in [0.1, 0.15) is 0 Å². The predicted molar refractivity (Wildman–Crippen MR) is 124 cm³/mol. The Morgan fingerprint density at radius 1 is 1.03 bits per heavy atom. The molecule has 0 aromatic rings. The molecule has 29 heavy (non-hydrogen) atoms. The molecule has 1 nitrogen and oxygen atoms in total. The zero-order valence-electron chi connectivity index (χ0n) is 19.7. The minimum absolute atomic E-state index is 0.216. The SMILES string of the molecule is CC(CO)=C(C)CC[C@@H](C)[C@H]1CC[C@H]2C3=CC=C4CCCC[C@]4(C)[C@H]3CC[C@]12C. The summed E-state index contributed by atoms with van der Waals surface area (Å²) in [6.07, 6.45) is 18.9. The molecule has 4 rings (SSSR count). The Kier molecular flexibility index (Phi) is 5.93. The van der Waals surface area contributed by atoms with Gasteiger partial charge in [0, 0.05) is 0 Å². The van der Waals surface area contributed by atoms with Crippen molar-refractivity contribution in [3.63, 3.8) is 0 Å². The minimum Gasteiger partial charge on any atom is -0.392 e. The second-order valence-corrected chi connectivity index (χ2v) is 11.6. The molecule has 162 valence electrons. The lowest BCUT2D eigenvalue weighted by atomic mass is 9.50. The molecule has 0 radical (unpaired) electrons. The maximum Gasteiger partial charge on any atom is 0.0641 e. The number of fused-ring (bicyclic) bond motifs is 5. The van der Waals surface area contributed by atoms with E-state index in [1.807, 2.05) is 5.57 Å². The highest BCUT2D eigenvalue weighted by Gasteiger charge is 2.56. The Bertz CT molecular complexity index is 725. The molecule has 0 saturated heterocycles. The Hall–Kier alpha value is -0.820. The Morgan fingerprint density at radius 3 is 2.59 bits per heavy atom. The molecule has 3 saturated carbocycles. The van der Waals surface area contributed by atoms with Gasteiger partial charge in [0.05, 0.1) is 6.61 Å². The van der Waals surface area contributed by atoms with Gasteiger partial charge in [-0.3, -0.25) is 0 Å². The summed E-state index contributed by atoms with van der Waals surface area (Å²) in [5.41, 5.74) is 7.16. The van der Waals surface area contributed by atoms with Crippen LogP contribution in [0.15, 0.2) is 34.4 Å². The van der Waals surface area contributed by atoms with Crippen LogP contribution in [-0.4, -0.2) is 11.7 Å². The molecule has 1 heteroatoms. The average Bonchev–Trinajstić information content (AvgIpc) is 3.08. The van der Waals surface area contributed by atoms with Gasteiger partial charge >= 0.3 is 0 Å². The quantitative estimate of drug-likeness (QED) is 0.474. The van der Waals surface area contributed by atoms with Crippen molar-refractivity contribution in [2.75, 3.05) is 6.61 Å². The van der Waals surface area contributed by atoms with E-state index in [0.717, 1.165) is 30.1 Å². The highest BCUT2D eigenvalue weighted by atomic mass is 16.3. The number of rotatable bonds is 5. The van der Waals surface area contributed by atoms with Crippen LogP contribution in [0.25, 0.3) is 0 Å². The van der Waals surface area contributed by atoms with Crippen molar-refractivity contribution in [3.05, 3.63) is 34.4 Å². The van der Waals surface area contributed by atoms with Crippen molar-refractivity contribution < 1.29 is 5.11 Å². The van der Waals surface area contributed by atoms with Gasteiger partial charge in [-0.05, 0) is 112 Å². The summed E-state index contributed by atoms with van der Waals surface area (Å²) >= 11 is 0. The molecule has 0 heterocycles. The van der Waals surface area contributed by atoms with E-state index in [4.69, 9.17) is 0 Å². The minimum atomic E-state index is 0.216. The van der Waals surface area contributed by atoms with E-state index >= 15 is 0 Å². The van der Waals surface area contributed by atoms with Crippen LogP contribution in [0, 0.1) is 34.5 Å². The Labute approximate surface area is 179 Å². The van der Waals surface area contributed by atoms with Crippen LogP contribution >= 0.6 is 0 Å². The topological polar surface area (TPSA) is 20.2 Å². The normalized spacial score (nSPS) is 40.8. The molecule has 0 aromatic carbocycles. The van der Waals surface area contributed by atoms with Crippen molar-refractivity contribution in [3.8, 4) is 0 Å². The molecule has 1 N–H and O–H groups in total. The fourth-order valence-corrected chi connectivity index (χ4v) is 8.01. The molecular weight excluding hydrogens is 352 g/mol. The molecule has 3 fully saturated rings. The van der Waals surface area contributed by atoms with Gasteiger partial charge in [0.25, 0.3) is 0 Å². The van der Waals surface area contributed by atoms with Crippen molar-refractivity contribution in [2.24, 2.45) is 34.5 Å². The summed E-state index contributed by atoms with van der Waals surface area (Å²) < 4.78 is 0. The fourth-order valence-electron chi connectivity index (χ4n) is 8.01. The third-order valence-corrected chi connectivity index (χ3v) is 10.2. The third kappa shape index (κ3) is 3.50. The Balaban J connectivity index is 1.52. The Morgan fingerprint density at radius 2 is 1.83 bits per heavy atom. The van der Waals surface area contributed by atoms with Crippen LogP contribution in [0.2, 0.25) is 0 Å². The van der Waals surface area contributed by atoms with E-state index in [2.05, 4.69) is 46.8 Å². The van der Waals surface area contributed by atoms with E-state index in [1.54, 1.807) is 5.57 Å². The molecule has 6 atom stereocenters. The zero-order chi connectivity index (χ0) is 20.8. The molecule has 0 amide bonds. The maximum atomic E-state index is 9.42. The van der Waals surface area contributed by atoms with E-state index in [-0.39, 0.29) is 6.61 Å². The van der Waals surface area contributed by atoms with Crippen LogP contribution in [0.3, 0.4) is 0 Å². The first-order valence-corrected chi connectivity index (χ1v) is 12.5. The number of hydrogen-bond donors (Lipinski definition) is 1. The molecule has 0 unspecified atom stereocenters. The smallest absolute Gasteiger partial charge is 0.0641 e. The molecule has 0 aliphatic heterocycles. The lowest BCUT2D eigenvalue weighted by Gasteiger charge is -2.54. The van der Waals surface area contributed by atoms with E-state index < -0.39 is 0 Å². The second-order valence-electron chi connectivity index (χ2n) is 11.6. The predicted octanol–water partition coefficient (Wildman–Crippen LogP) is 7.62. The molecular formula is C28H44O. The summed E-state index contributed by atoms with van der Waals surface area (Å²) in [4.78, 5) is 0. The molecule has 0 spiro atoms. The summed E-state index contributed by atoms with van der Waals surface area (Å²) in [5.74, 6) is 3.29. The molecule has 4 aliphatic rings. The fraction of sp³-hybridized carbons (Fsp3) is 0.786. The van der Waals surface area contributed by atoms with Gasteiger partial charge in [-0.15, -0.1) is 0 Å². The standard InChI is InChI=1S/C28H44O/c1-19(21(3)18-29)9-10-20(2)24-13-14-25-23-12-11-22-8-6-7-16-27(22,4)26(23)15-17-28(24,25)5/h11-12,20,24-26,29H,6-10,13-18H2,1-5H3/t20-,24-,25+,26+,27+,28-/m1/s1. The van der Waals surface area contributed by atoms with Gasteiger partial charge in [-0.2, -0.15) is 0 Å². The zero-order valence-corrected chi connectivity index (χ0v) is 19.7. The first-order valence-electron chi connectivity index (χ1n) is 12.5. The number of allylic oxidation sites excluding steroid dienone is 5. The largest absolute Gasteiger partial charge is 0.392 e. The van der Waals surface area contributed by atoms with Crippen LogP contribution < -0.4 is 0 Å². The number of aliphatic hydroxyl groups excluding tert-OH is 1. The van der Waals surface area contributed by atoms with Crippen LogP contribution in [-0.2, 0) is 0 Å². The van der Waals surface area contributed by atoms with Crippen molar-refractivity contribution in [1.82, 2.24) is 0 Å². The van der Waals surface area contributed by atoms with Gasteiger partial charge in [0.2, 0.25) is 0 Å². The average molecular weight is 397 g/mol. The highest BCUT2D eigenvalue weighted by molar-refractivity contribution is 5.38. The van der Waals surface area contributed by atoms with Crippen LogP contribution in [0.5, 0.6) is 0 Å². The summed E-state index contributed by atoms with van der Waals surface area (Å²) in [6.45, 7) is 12.3. The van der Waals surface area contributed by atoms with Gasteiger partial charge < -0.3 is 5.11 Å². The first-order chi connectivity index (χ1) is 13.8. The lowest BCUT2D eigenvalue weighted by Crippen LogP contribution is -2.45. The number of aliphatic hydroxyl groups is 1. The molecule has 4 aliphatic carbocycles. The van der Waals surface area contributed by atoms with E-state index in [9.17, 15) is 5.11 Å². The molecule has 0 aromatic heterocycles. The van der Waals surface area contributed by atoms with Gasteiger partial charge in [0.15, 0.2) is 0 Å². The van der Waals surface area contributed by atoms with Gasteiger partial charge in [-0.1, -0.05) is 56.1 Å². The third-order valence-electron chi connectivity index (χ3n) is 10.2. The van der Waals surface area contributed by atoms with Crippen molar-refractivity contribution in [2.45, 2.75) is 98.8 Å². The van der Waals surface area contributed by atoms with E-state index in [1.165, 1.54) is 68.9 Å². The van der Waals surface area contributed by atoms with Crippen LogP contribution in [0.1, 0.15) is 98.8 Å². The molecule has 0 bridgehead atoms. The van der Waals surface area contributed by atoms with E-state index in [0.29, 0.717) is 10.8 Å². The van der Waals surface area contributed by atoms with Crippen molar-refractivity contribution in [1.29, 1.82) is 0 Å². The highest BCUT2D eigenvalue weighted by Crippen LogP contribution is 2.66. The second kappa shape index (κ2) is 8.03. The summed E-state index contributed by atoms with van der Waals surface area (Å²) in [7, 11) is 0.